The molecule has 0 fully saturated rings. The van der Waals surface area contributed by atoms with E-state index in [9.17, 15) is 18.0 Å². The molecule has 1 N–H and O–H groups in total. The number of benzene rings is 1. The SMILES string of the molecule is O=c1ncc(F)c(-c2cc(F)cc(F)c2)[nH]1. The van der Waals surface area contributed by atoms with Crippen LogP contribution in [0.3, 0.4) is 0 Å². The molecule has 82 valence electrons. The molecule has 1 aromatic heterocycles. The minimum Gasteiger partial charge on any atom is -0.303 e. The second kappa shape index (κ2) is 3.80. The topological polar surface area (TPSA) is 45.8 Å². The van der Waals surface area contributed by atoms with E-state index in [-0.39, 0.29) is 11.3 Å². The van der Waals surface area contributed by atoms with Crippen molar-refractivity contribution in [2.75, 3.05) is 0 Å². The van der Waals surface area contributed by atoms with Gasteiger partial charge in [-0.2, -0.15) is 4.98 Å². The Morgan fingerprint density at radius 3 is 2.31 bits per heavy atom. The highest BCUT2D eigenvalue weighted by Gasteiger charge is 2.09. The fourth-order valence-electron chi connectivity index (χ4n) is 1.29. The first-order valence-electron chi connectivity index (χ1n) is 4.27. The monoisotopic (exact) mass is 226 g/mol. The fourth-order valence-corrected chi connectivity index (χ4v) is 1.29. The van der Waals surface area contributed by atoms with Crippen LogP contribution in [0.25, 0.3) is 11.3 Å². The van der Waals surface area contributed by atoms with Gasteiger partial charge < -0.3 is 4.98 Å². The molecule has 0 atom stereocenters. The summed E-state index contributed by atoms with van der Waals surface area (Å²) in [6.07, 6.45) is 0.691. The van der Waals surface area contributed by atoms with Gasteiger partial charge in [0.25, 0.3) is 0 Å². The molecule has 2 rings (SSSR count). The molecule has 0 saturated heterocycles. The van der Waals surface area contributed by atoms with Crippen LogP contribution in [-0.4, -0.2) is 9.97 Å². The average Bonchev–Trinajstić information content (AvgIpc) is 2.20. The first-order chi connectivity index (χ1) is 7.56. The van der Waals surface area contributed by atoms with Crippen LogP contribution in [0.15, 0.2) is 29.2 Å². The zero-order valence-electron chi connectivity index (χ0n) is 7.80. The Hall–Kier alpha value is -2.11. The number of H-pyrrole nitrogens is 1. The van der Waals surface area contributed by atoms with Crippen molar-refractivity contribution in [3.8, 4) is 11.3 Å². The van der Waals surface area contributed by atoms with E-state index >= 15 is 0 Å². The van der Waals surface area contributed by atoms with Gasteiger partial charge in [0, 0.05) is 11.6 Å². The van der Waals surface area contributed by atoms with E-state index in [1.165, 1.54) is 0 Å². The first kappa shape index (κ1) is 10.4. The van der Waals surface area contributed by atoms with Crippen LogP contribution in [0, 0.1) is 17.5 Å². The average molecular weight is 226 g/mol. The van der Waals surface area contributed by atoms with E-state index in [1.54, 1.807) is 0 Å². The van der Waals surface area contributed by atoms with E-state index in [2.05, 4.69) is 9.97 Å². The maximum Gasteiger partial charge on any atom is 0.345 e. The van der Waals surface area contributed by atoms with E-state index in [0.717, 1.165) is 12.1 Å². The summed E-state index contributed by atoms with van der Waals surface area (Å²) in [6, 6.07) is 2.48. The molecule has 0 aliphatic heterocycles. The zero-order valence-corrected chi connectivity index (χ0v) is 7.80. The highest BCUT2D eigenvalue weighted by atomic mass is 19.1. The molecule has 0 bridgehead atoms. The number of halogens is 3. The molecule has 2 aromatic rings. The molecule has 0 spiro atoms. The van der Waals surface area contributed by atoms with E-state index in [1.807, 2.05) is 0 Å². The third kappa shape index (κ3) is 1.95. The number of hydrogen-bond donors (Lipinski definition) is 1. The van der Waals surface area contributed by atoms with Gasteiger partial charge in [0.1, 0.15) is 11.6 Å². The van der Waals surface area contributed by atoms with Crippen LogP contribution in [0.1, 0.15) is 0 Å². The smallest absolute Gasteiger partial charge is 0.303 e. The lowest BCUT2D eigenvalue weighted by atomic mass is 10.1. The minimum atomic E-state index is -0.857. The molecule has 1 aromatic carbocycles. The number of nitrogens with one attached hydrogen (secondary N) is 1. The molecule has 0 radical (unpaired) electrons. The number of aromatic nitrogens is 2. The van der Waals surface area contributed by atoms with Crippen molar-refractivity contribution < 1.29 is 13.2 Å². The number of rotatable bonds is 1. The van der Waals surface area contributed by atoms with Crippen molar-refractivity contribution in [3.63, 3.8) is 0 Å². The van der Waals surface area contributed by atoms with Crippen LogP contribution in [0.4, 0.5) is 13.2 Å². The number of hydrogen-bond acceptors (Lipinski definition) is 2. The third-order valence-electron chi connectivity index (χ3n) is 1.92. The lowest BCUT2D eigenvalue weighted by Crippen LogP contribution is -2.11. The standard InChI is InChI=1S/C10H5F3N2O/c11-6-1-5(2-7(12)3-6)9-8(13)4-14-10(16)15-9/h1-4H,(H,14,15,16). The van der Waals surface area contributed by atoms with Gasteiger partial charge in [-0.3, -0.25) is 0 Å². The summed E-state index contributed by atoms with van der Waals surface area (Å²) in [5, 5.41) is 0. The van der Waals surface area contributed by atoms with Crippen LogP contribution in [0.5, 0.6) is 0 Å². The van der Waals surface area contributed by atoms with Crippen molar-refractivity contribution in [3.05, 3.63) is 52.3 Å². The van der Waals surface area contributed by atoms with Crippen LogP contribution < -0.4 is 5.69 Å². The first-order valence-corrected chi connectivity index (χ1v) is 4.27. The minimum absolute atomic E-state index is 0.0884. The molecule has 1 heterocycles. The Morgan fingerprint density at radius 2 is 1.69 bits per heavy atom. The Labute approximate surface area is 87.6 Å². The second-order valence-corrected chi connectivity index (χ2v) is 3.07. The Morgan fingerprint density at radius 1 is 1.06 bits per heavy atom. The summed E-state index contributed by atoms with van der Waals surface area (Å²) in [5.41, 5.74) is -1.17. The van der Waals surface area contributed by atoms with Gasteiger partial charge in [-0.15, -0.1) is 0 Å². The van der Waals surface area contributed by atoms with Gasteiger partial charge in [0.2, 0.25) is 0 Å². The van der Waals surface area contributed by atoms with Gasteiger partial charge in [-0.05, 0) is 12.1 Å². The van der Waals surface area contributed by atoms with E-state index in [0.29, 0.717) is 12.3 Å². The lowest BCUT2D eigenvalue weighted by molar-refractivity contribution is 0.582. The summed E-state index contributed by atoms with van der Waals surface area (Å²) < 4.78 is 39.0. The van der Waals surface area contributed by atoms with Crippen LogP contribution in [0.2, 0.25) is 0 Å². The lowest BCUT2D eigenvalue weighted by Gasteiger charge is -2.02. The Bertz CT molecular complexity index is 575. The quantitative estimate of drug-likeness (QED) is 0.806. The molecular formula is C10H5F3N2O. The second-order valence-electron chi connectivity index (χ2n) is 3.07. The third-order valence-corrected chi connectivity index (χ3v) is 1.92. The normalized spacial score (nSPS) is 10.4. The van der Waals surface area contributed by atoms with E-state index < -0.39 is 23.1 Å². The molecule has 0 unspecified atom stereocenters. The van der Waals surface area contributed by atoms with Gasteiger partial charge in [-0.25, -0.2) is 18.0 Å². The van der Waals surface area contributed by atoms with Crippen molar-refractivity contribution in [1.82, 2.24) is 9.97 Å². The molecule has 16 heavy (non-hydrogen) atoms. The van der Waals surface area contributed by atoms with Crippen molar-refractivity contribution in [2.45, 2.75) is 0 Å². The van der Waals surface area contributed by atoms with Crippen molar-refractivity contribution in [2.24, 2.45) is 0 Å². The number of aromatic amines is 1. The Balaban J connectivity index is 2.66. The molecule has 0 aliphatic rings. The molecule has 3 nitrogen and oxygen atoms in total. The van der Waals surface area contributed by atoms with Crippen LogP contribution >= 0.6 is 0 Å². The van der Waals surface area contributed by atoms with Crippen LogP contribution in [-0.2, 0) is 0 Å². The molecule has 0 aliphatic carbocycles. The highest BCUT2D eigenvalue weighted by Crippen LogP contribution is 2.20. The molecular weight excluding hydrogens is 221 g/mol. The fraction of sp³-hybridized carbons (Fsp3) is 0. The predicted molar refractivity (Wildman–Crippen MR) is 50.2 cm³/mol. The summed E-state index contributed by atoms with van der Waals surface area (Å²) in [6.45, 7) is 0. The zero-order chi connectivity index (χ0) is 11.7. The van der Waals surface area contributed by atoms with Gasteiger partial charge in [0.05, 0.1) is 11.9 Å². The molecule has 6 heteroatoms. The summed E-state index contributed by atoms with van der Waals surface area (Å²) in [7, 11) is 0. The molecule has 0 amide bonds. The summed E-state index contributed by atoms with van der Waals surface area (Å²) in [4.78, 5) is 16.1. The van der Waals surface area contributed by atoms with Gasteiger partial charge >= 0.3 is 5.69 Å². The van der Waals surface area contributed by atoms with Gasteiger partial charge in [-0.1, -0.05) is 0 Å². The van der Waals surface area contributed by atoms with Gasteiger partial charge in [0.15, 0.2) is 5.82 Å². The summed E-state index contributed by atoms with van der Waals surface area (Å²) in [5.74, 6) is -2.57. The predicted octanol–water partition coefficient (Wildman–Crippen LogP) is 1.85. The maximum atomic E-state index is 13.2. The van der Waals surface area contributed by atoms with E-state index in [4.69, 9.17) is 0 Å². The molecule has 0 saturated carbocycles. The van der Waals surface area contributed by atoms with Crippen molar-refractivity contribution in [1.29, 1.82) is 0 Å². The maximum absolute atomic E-state index is 13.2. The van der Waals surface area contributed by atoms with Crippen molar-refractivity contribution >= 4 is 0 Å². The largest absolute Gasteiger partial charge is 0.345 e. The highest BCUT2D eigenvalue weighted by molar-refractivity contribution is 5.59. The summed E-state index contributed by atoms with van der Waals surface area (Å²) >= 11 is 0. The Kier molecular flexibility index (Phi) is 2.47. The number of nitrogens with zero attached hydrogens (tertiary/aromatic N) is 1.